The minimum Gasteiger partial charge on any atom is -0.467 e. The first kappa shape index (κ1) is 6.90. The molecular weight excluding hydrogens is 156 g/mol. The van der Waals surface area contributed by atoms with E-state index in [2.05, 4.69) is 20.5 Å². The lowest BCUT2D eigenvalue weighted by molar-refractivity contribution is 0.517. The summed E-state index contributed by atoms with van der Waals surface area (Å²) in [6.07, 6.45) is 3.09. The van der Waals surface area contributed by atoms with Gasteiger partial charge in [0.2, 0.25) is 5.95 Å². The van der Waals surface area contributed by atoms with Gasteiger partial charge in [0, 0.05) is 0 Å². The third kappa shape index (κ3) is 1.45. The molecule has 0 aliphatic carbocycles. The molecule has 0 aliphatic heterocycles. The summed E-state index contributed by atoms with van der Waals surface area (Å²) in [7, 11) is 0. The highest BCUT2D eigenvalue weighted by Gasteiger charge is 1.96. The fraction of sp³-hybridized carbons (Fsp3) is 0.143. The van der Waals surface area contributed by atoms with Crippen molar-refractivity contribution in [3.63, 3.8) is 0 Å². The van der Waals surface area contributed by atoms with Crippen LogP contribution in [0.25, 0.3) is 0 Å². The molecule has 0 atom stereocenters. The molecule has 0 aliphatic rings. The maximum absolute atomic E-state index is 5.11. The van der Waals surface area contributed by atoms with Crippen LogP contribution in [0.4, 0.5) is 5.95 Å². The van der Waals surface area contributed by atoms with Gasteiger partial charge in [-0.15, -0.1) is 0 Å². The zero-order valence-corrected chi connectivity index (χ0v) is 6.32. The van der Waals surface area contributed by atoms with Gasteiger partial charge >= 0.3 is 0 Å². The summed E-state index contributed by atoms with van der Waals surface area (Å²) in [6, 6.07) is 3.74. The van der Waals surface area contributed by atoms with Gasteiger partial charge in [-0.3, -0.25) is 0 Å². The van der Waals surface area contributed by atoms with Crippen LogP contribution in [0.2, 0.25) is 0 Å². The van der Waals surface area contributed by atoms with Crippen molar-refractivity contribution in [1.29, 1.82) is 0 Å². The lowest BCUT2D eigenvalue weighted by atomic mass is 10.4. The molecule has 0 amide bonds. The zero-order chi connectivity index (χ0) is 8.23. The molecule has 0 saturated heterocycles. The summed E-state index contributed by atoms with van der Waals surface area (Å²) < 4.78 is 5.11. The SMILES string of the molecule is c1coc(CNc2ncn[nH]2)c1. The Hall–Kier alpha value is -1.78. The van der Waals surface area contributed by atoms with Crippen molar-refractivity contribution in [1.82, 2.24) is 15.2 Å². The van der Waals surface area contributed by atoms with Gasteiger partial charge < -0.3 is 9.73 Å². The van der Waals surface area contributed by atoms with Gasteiger partial charge in [0.05, 0.1) is 12.8 Å². The fourth-order valence-corrected chi connectivity index (χ4v) is 0.875. The summed E-state index contributed by atoms with van der Waals surface area (Å²) in [5.41, 5.74) is 0. The molecule has 0 radical (unpaired) electrons. The van der Waals surface area contributed by atoms with E-state index in [4.69, 9.17) is 4.42 Å². The standard InChI is InChI=1S/C7H8N4O/c1-2-6(12-3-1)4-8-7-9-5-10-11-7/h1-3,5H,4H2,(H2,8,9,10,11). The average molecular weight is 164 g/mol. The maximum atomic E-state index is 5.11. The quantitative estimate of drug-likeness (QED) is 0.710. The summed E-state index contributed by atoms with van der Waals surface area (Å²) in [5, 5.41) is 9.38. The summed E-state index contributed by atoms with van der Waals surface area (Å²) >= 11 is 0. The second-order valence-corrected chi connectivity index (χ2v) is 2.27. The van der Waals surface area contributed by atoms with Gasteiger partial charge in [-0.1, -0.05) is 0 Å². The second-order valence-electron chi connectivity index (χ2n) is 2.27. The van der Waals surface area contributed by atoms with Crippen molar-refractivity contribution >= 4 is 5.95 Å². The third-order valence-corrected chi connectivity index (χ3v) is 1.43. The Morgan fingerprint density at radius 1 is 1.58 bits per heavy atom. The highest BCUT2D eigenvalue weighted by molar-refractivity contribution is 5.21. The number of hydrogen-bond acceptors (Lipinski definition) is 4. The van der Waals surface area contributed by atoms with Crippen molar-refractivity contribution in [2.75, 3.05) is 5.32 Å². The van der Waals surface area contributed by atoms with Crippen LogP contribution in [0.15, 0.2) is 29.1 Å². The third-order valence-electron chi connectivity index (χ3n) is 1.43. The van der Waals surface area contributed by atoms with Crippen LogP contribution in [0.1, 0.15) is 5.76 Å². The normalized spacial score (nSPS) is 10.0. The van der Waals surface area contributed by atoms with Crippen LogP contribution >= 0.6 is 0 Å². The molecule has 0 saturated carbocycles. The molecule has 2 N–H and O–H groups in total. The largest absolute Gasteiger partial charge is 0.467 e. The lowest BCUT2D eigenvalue weighted by Crippen LogP contribution is -1.99. The number of nitrogens with one attached hydrogen (secondary N) is 2. The monoisotopic (exact) mass is 164 g/mol. The van der Waals surface area contributed by atoms with Gasteiger partial charge in [0.15, 0.2) is 0 Å². The van der Waals surface area contributed by atoms with Crippen LogP contribution in [0.3, 0.4) is 0 Å². The van der Waals surface area contributed by atoms with Crippen molar-refractivity contribution in [3.8, 4) is 0 Å². The number of hydrogen-bond donors (Lipinski definition) is 2. The smallest absolute Gasteiger partial charge is 0.218 e. The number of rotatable bonds is 3. The topological polar surface area (TPSA) is 66.7 Å². The maximum Gasteiger partial charge on any atom is 0.218 e. The molecule has 2 aromatic heterocycles. The Labute approximate surface area is 68.8 Å². The van der Waals surface area contributed by atoms with Crippen molar-refractivity contribution in [2.24, 2.45) is 0 Å². The van der Waals surface area contributed by atoms with E-state index >= 15 is 0 Å². The average Bonchev–Trinajstić information content (AvgIpc) is 2.74. The summed E-state index contributed by atoms with van der Waals surface area (Å²) in [6.45, 7) is 0.613. The van der Waals surface area contributed by atoms with Crippen LogP contribution in [0, 0.1) is 0 Å². The molecule has 0 fully saturated rings. The molecule has 2 aromatic rings. The zero-order valence-electron chi connectivity index (χ0n) is 6.32. The Balaban J connectivity index is 1.91. The first-order valence-electron chi connectivity index (χ1n) is 3.57. The molecule has 2 rings (SSSR count). The first-order chi connectivity index (χ1) is 5.95. The second kappa shape index (κ2) is 3.08. The van der Waals surface area contributed by atoms with Gasteiger partial charge in [-0.25, -0.2) is 10.1 Å². The molecule has 0 bridgehead atoms. The highest BCUT2D eigenvalue weighted by Crippen LogP contribution is 2.02. The molecule has 5 nitrogen and oxygen atoms in total. The van der Waals surface area contributed by atoms with E-state index in [-0.39, 0.29) is 0 Å². The van der Waals surface area contributed by atoms with Crippen LogP contribution in [0.5, 0.6) is 0 Å². The van der Waals surface area contributed by atoms with Crippen molar-refractivity contribution < 1.29 is 4.42 Å². The molecular formula is C7H8N4O. The molecule has 2 heterocycles. The van der Waals surface area contributed by atoms with Crippen molar-refractivity contribution in [3.05, 3.63) is 30.5 Å². The molecule has 5 heteroatoms. The summed E-state index contributed by atoms with van der Waals surface area (Å²) in [5.74, 6) is 1.51. The van der Waals surface area contributed by atoms with Gasteiger partial charge in [0.25, 0.3) is 0 Å². The number of anilines is 1. The Morgan fingerprint density at radius 2 is 2.58 bits per heavy atom. The van der Waals surface area contributed by atoms with E-state index in [9.17, 15) is 0 Å². The van der Waals surface area contributed by atoms with E-state index < -0.39 is 0 Å². The molecule has 62 valence electrons. The van der Waals surface area contributed by atoms with E-state index in [1.807, 2.05) is 12.1 Å². The predicted octanol–water partition coefficient (Wildman–Crippen LogP) is 1.01. The fourth-order valence-electron chi connectivity index (χ4n) is 0.875. The predicted molar refractivity (Wildman–Crippen MR) is 42.4 cm³/mol. The number of aromatic amines is 1. The van der Waals surface area contributed by atoms with Crippen LogP contribution < -0.4 is 5.32 Å². The van der Waals surface area contributed by atoms with E-state index in [0.717, 1.165) is 5.76 Å². The number of H-pyrrole nitrogens is 1. The van der Waals surface area contributed by atoms with Crippen LogP contribution in [-0.2, 0) is 6.54 Å². The number of aromatic nitrogens is 3. The van der Waals surface area contributed by atoms with Gasteiger partial charge in [-0.05, 0) is 12.1 Å². The Kier molecular flexibility index (Phi) is 1.77. The first-order valence-corrected chi connectivity index (χ1v) is 3.57. The molecule has 0 aromatic carbocycles. The number of furan rings is 1. The van der Waals surface area contributed by atoms with Gasteiger partial charge in [-0.2, -0.15) is 5.10 Å². The number of nitrogens with zero attached hydrogens (tertiary/aromatic N) is 2. The van der Waals surface area contributed by atoms with Crippen molar-refractivity contribution in [2.45, 2.75) is 6.54 Å². The van der Waals surface area contributed by atoms with E-state index in [1.54, 1.807) is 6.26 Å². The Morgan fingerprint density at radius 3 is 3.25 bits per heavy atom. The molecule has 0 spiro atoms. The highest BCUT2D eigenvalue weighted by atomic mass is 16.3. The minimum absolute atomic E-state index is 0.613. The lowest BCUT2D eigenvalue weighted by Gasteiger charge is -1.96. The molecule has 12 heavy (non-hydrogen) atoms. The molecule has 0 unspecified atom stereocenters. The summed E-state index contributed by atoms with van der Waals surface area (Å²) in [4.78, 5) is 3.90. The minimum atomic E-state index is 0.613. The van der Waals surface area contributed by atoms with Gasteiger partial charge in [0.1, 0.15) is 12.1 Å². The van der Waals surface area contributed by atoms with Crippen LogP contribution in [-0.4, -0.2) is 15.2 Å². The van der Waals surface area contributed by atoms with E-state index in [0.29, 0.717) is 12.5 Å². The van der Waals surface area contributed by atoms with E-state index in [1.165, 1.54) is 6.33 Å². The Bertz CT molecular complexity index is 279.